The summed E-state index contributed by atoms with van der Waals surface area (Å²) in [5.74, 6) is 0.568. The number of hydrogen-bond donors (Lipinski definition) is 2. The number of carboxylic acid groups (broad SMARTS) is 1. The first-order chi connectivity index (χ1) is 13.2. The van der Waals surface area contributed by atoms with Crippen molar-refractivity contribution >= 4 is 17.1 Å². The van der Waals surface area contributed by atoms with E-state index in [-0.39, 0.29) is 5.56 Å². The van der Waals surface area contributed by atoms with Crippen LogP contribution in [0.2, 0.25) is 0 Å². The number of carboxylic acids is 1. The third-order valence-corrected chi connectivity index (χ3v) is 4.20. The van der Waals surface area contributed by atoms with Crippen LogP contribution >= 0.6 is 0 Å². The summed E-state index contributed by atoms with van der Waals surface area (Å²) in [5, 5.41) is 12.3. The quantitative estimate of drug-likeness (QED) is 0.499. The molecule has 0 saturated carbocycles. The first-order valence-electron chi connectivity index (χ1n) is 9.24. The zero-order valence-electron chi connectivity index (χ0n) is 15.2. The number of hydrogen-bond acceptors (Lipinski definition) is 5. The molecule has 0 spiro atoms. The van der Waals surface area contributed by atoms with E-state index >= 15 is 0 Å². The molecule has 3 aromatic rings. The molecule has 0 aliphatic heterocycles. The van der Waals surface area contributed by atoms with Gasteiger partial charge in [0.1, 0.15) is 11.3 Å². The summed E-state index contributed by atoms with van der Waals surface area (Å²) in [5.41, 5.74) is 2.04. The van der Waals surface area contributed by atoms with Crippen LogP contribution in [0.1, 0.15) is 35.5 Å². The number of carbonyl (C=O) groups is 1. The van der Waals surface area contributed by atoms with Crippen molar-refractivity contribution in [3.8, 4) is 5.75 Å². The molecule has 0 bridgehead atoms. The molecule has 0 saturated heterocycles. The molecule has 0 atom stereocenters. The van der Waals surface area contributed by atoms with Crippen LogP contribution in [-0.4, -0.2) is 35.8 Å². The smallest absolute Gasteiger partial charge is 0.335 e. The van der Waals surface area contributed by atoms with Crippen molar-refractivity contribution in [1.82, 2.24) is 10.3 Å². The number of nitrogens with zero attached hydrogens (tertiary/aromatic N) is 1. The Morgan fingerprint density at radius 2 is 1.81 bits per heavy atom. The molecule has 2 N–H and O–H groups in total. The third kappa shape index (κ3) is 5.82. The molecule has 142 valence electrons. The van der Waals surface area contributed by atoms with E-state index in [0.29, 0.717) is 12.4 Å². The number of oxazole rings is 1. The highest BCUT2D eigenvalue weighted by atomic mass is 16.5. The Morgan fingerprint density at radius 1 is 1.04 bits per heavy atom. The number of fused-ring (bicyclic) bond motifs is 1. The van der Waals surface area contributed by atoms with Gasteiger partial charge in [-0.1, -0.05) is 12.1 Å². The van der Waals surface area contributed by atoms with Crippen LogP contribution in [-0.2, 0) is 6.42 Å². The molecule has 3 rings (SSSR count). The lowest BCUT2D eigenvalue weighted by atomic mass is 10.2. The molecule has 0 amide bonds. The zero-order chi connectivity index (χ0) is 18.9. The number of aryl methyl sites for hydroxylation is 1. The lowest BCUT2D eigenvalue weighted by molar-refractivity contribution is 0.0697. The average Bonchev–Trinajstić information content (AvgIpc) is 3.10. The van der Waals surface area contributed by atoms with E-state index in [4.69, 9.17) is 14.3 Å². The van der Waals surface area contributed by atoms with Gasteiger partial charge in [0.25, 0.3) is 0 Å². The van der Waals surface area contributed by atoms with E-state index in [1.165, 1.54) is 0 Å². The molecular weight excluding hydrogens is 344 g/mol. The summed E-state index contributed by atoms with van der Waals surface area (Å²) < 4.78 is 11.3. The minimum atomic E-state index is -0.929. The number of rotatable bonds is 11. The molecular formula is C21H24N2O4. The van der Waals surface area contributed by atoms with Crippen LogP contribution in [0.3, 0.4) is 0 Å². The van der Waals surface area contributed by atoms with Crippen molar-refractivity contribution in [3.63, 3.8) is 0 Å². The number of nitrogens with one attached hydrogen (secondary N) is 1. The van der Waals surface area contributed by atoms with E-state index in [1.807, 2.05) is 24.3 Å². The van der Waals surface area contributed by atoms with E-state index < -0.39 is 5.97 Å². The van der Waals surface area contributed by atoms with Crippen LogP contribution in [0.15, 0.2) is 52.9 Å². The average molecular weight is 368 g/mol. The van der Waals surface area contributed by atoms with Crippen LogP contribution in [0.25, 0.3) is 11.1 Å². The fraction of sp³-hybridized carbons (Fsp3) is 0.333. The zero-order valence-corrected chi connectivity index (χ0v) is 15.2. The molecule has 2 aromatic carbocycles. The van der Waals surface area contributed by atoms with E-state index in [1.54, 1.807) is 24.3 Å². The predicted octanol–water partition coefficient (Wildman–Crippen LogP) is 3.91. The van der Waals surface area contributed by atoms with Crippen LogP contribution in [0, 0.1) is 0 Å². The van der Waals surface area contributed by atoms with Gasteiger partial charge in [-0.25, -0.2) is 9.78 Å². The van der Waals surface area contributed by atoms with Gasteiger partial charge in [0, 0.05) is 6.42 Å². The lowest BCUT2D eigenvalue weighted by Crippen LogP contribution is -2.18. The Labute approximate surface area is 158 Å². The minimum absolute atomic E-state index is 0.266. The fourth-order valence-electron chi connectivity index (χ4n) is 2.76. The highest BCUT2D eigenvalue weighted by Crippen LogP contribution is 2.16. The maximum atomic E-state index is 10.8. The summed E-state index contributed by atoms with van der Waals surface area (Å²) >= 11 is 0. The van der Waals surface area contributed by atoms with Gasteiger partial charge >= 0.3 is 5.97 Å². The maximum absolute atomic E-state index is 10.8. The molecule has 1 aromatic heterocycles. The Kier molecular flexibility index (Phi) is 6.82. The maximum Gasteiger partial charge on any atom is 0.335 e. The van der Waals surface area contributed by atoms with E-state index in [9.17, 15) is 4.79 Å². The van der Waals surface area contributed by atoms with Gasteiger partial charge in [-0.15, -0.1) is 0 Å². The van der Waals surface area contributed by atoms with Gasteiger partial charge in [-0.05, 0) is 68.8 Å². The molecule has 0 aliphatic carbocycles. The van der Waals surface area contributed by atoms with Crippen molar-refractivity contribution in [2.45, 2.75) is 25.7 Å². The number of ether oxygens (including phenoxy) is 1. The highest BCUT2D eigenvalue weighted by Gasteiger charge is 2.04. The first-order valence-corrected chi connectivity index (χ1v) is 9.24. The second kappa shape index (κ2) is 9.73. The number of benzene rings is 2. The second-order valence-corrected chi connectivity index (χ2v) is 6.31. The van der Waals surface area contributed by atoms with Gasteiger partial charge in [0.2, 0.25) is 0 Å². The fourth-order valence-corrected chi connectivity index (χ4v) is 2.76. The number of unbranched alkanes of at least 4 members (excludes halogenated alkanes) is 1. The summed E-state index contributed by atoms with van der Waals surface area (Å²) in [7, 11) is 0. The largest absolute Gasteiger partial charge is 0.494 e. The van der Waals surface area contributed by atoms with Gasteiger partial charge in [-0.3, -0.25) is 0 Å². The Hall–Kier alpha value is -2.86. The topological polar surface area (TPSA) is 84.6 Å². The minimum Gasteiger partial charge on any atom is -0.494 e. The van der Waals surface area contributed by atoms with Crippen molar-refractivity contribution in [1.29, 1.82) is 0 Å². The molecule has 1 heterocycles. The molecule has 6 nitrogen and oxygen atoms in total. The lowest BCUT2D eigenvalue weighted by Gasteiger charge is -2.07. The summed E-state index contributed by atoms with van der Waals surface area (Å²) in [6.07, 6.45) is 3.85. The summed E-state index contributed by atoms with van der Waals surface area (Å²) in [6.45, 7) is 2.44. The highest BCUT2D eigenvalue weighted by molar-refractivity contribution is 5.87. The molecule has 6 heteroatoms. The third-order valence-electron chi connectivity index (χ3n) is 4.20. The second-order valence-electron chi connectivity index (χ2n) is 6.31. The molecule has 0 aliphatic rings. The van der Waals surface area contributed by atoms with Crippen LogP contribution in [0.4, 0.5) is 0 Å². The Balaban J connectivity index is 1.22. The van der Waals surface area contributed by atoms with Crippen molar-refractivity contribution in [2.75, 3.05) is 19.7 Å². The van der Waals surface area contributed by atoms with Crippen LogP contribution in [0.5, 0.6) is 5.75 Å². The number of para-hydroxylation sites is 2. The van der Waals surface area contributed by atoms with Crippen molar-refractivity contribution < 1.29 is 19.1 Å². The summed E-state index contributed by atoms with van der Waals surface area (Å²) in [4.78, 5) is 15.3. The first kappa shape index (κ1) is 18.9. The molecule has 0 unspecified atom stereocenters. The normalized spacial score (nSPS) is 11.0. The number of aromatic nitrogens is 1. The Morgan fingerprint density at radius 3 is 2.59 bits per heavy atom. The SMILES string of the molecule is O=C(O)c1ccc(OCCCNCCCCc2nc3ccccc3o2)cc1. The standard InChI is InChI=1S/C21H24N2O4/c24-21(25)16-9-11-17(12-10-16)26-15-5-14-22-13-4-3-8-20-23-18-6-1-2-7-19(18)27-20/h1-2,6-7,9-12,22H,3-5,8,13-15H2,(H,24,25). The molecule has 0 fully saturated rings. The monoisotopic (exact) mass is 368 g/mol. The van der Waals surface area contributed by atoms with Gasteiger partial charge in [0.05, 0.1) is 12.2 Å². The Bertz CT molecular complexity index is 825. The van der Waals surface area contributed by atoms with Gasteiger partial charge < -0.3 is 19.6 Å². The molecule has 0 radical (unpaired) electrons. The van der Waals surface area contributed by atoms with Crippen LogP contribution < -0.4 is 10.1 Å². The van der Waals surface area contributed by atoms with E-state index in [0.717, 1.165) is 55.8 Å². The predicted molar refractivity (Wildman–Crippen MR) is 103 cm³/mol. The summed E-state index contributed by atoms with van der Waals surface area (Å²) in [6, 6.07) is 14.3. The number of aromatic carboxylic acids is 1. The van der Waals surface area contributed by atoms with Gasteiger partial charge in [0.15, 0.2) is 11.5 Å². The van der Waals surface area contributed by atoms with Crippen molar-refractivity contribution in [2.24, 2.45) is 0 Å². The molecule has 27 heavy (non-hydrogen) atoms. The van der Waals surface area contributed by atoms with E-state index in [2.05, 4.69) is 10.3 Å². The van der Waals surface area contributed by atoms with Gasteiger partial charge in [-0.2, -0.15) is 0 Å². The van der Waals surface area contributed by atoms with Crippen molar-refractivity contribution in [3.05, 3.63) is 60.0 Å².